The van der Waals surface area contributed by atoms with Gasteiger partial charge in [0.15, 0.2) is 0 Å². The number of carbonyl (C=O) groups excluding carboxylic acids is 2. The predicted molar refractivity (Wildman–Crippen MR) is 115 cm³/mol. The summed E-state index contributed by atoms with van der Waals surface area (Å²) in [6.45, 7) is 8.98. The highest BCUT2D eigenvalue weighted by atomic mass is 32.1. The Morgan fingerprint density at radius 3 is 2.79 bits per heavy atom. The lowest BCUT2D eigenvalue weighted by Crippen LogP contribution is -2.39. The van der Waals surface area contributed by atoms with Crippen molar-refractivity contribution in [3.05, 3.63) is 51.7 Å². The molecule has 0 radical (unpaired) electrons. The van der Waals surface area contributed by atoms with Crippen LogP contribution in [-0.4, -0.2) is 41.4 Å². The molecule has 1 N–H and O–H groups in total. The molecule has 0 spiro atoms. The number of nitrogens with zero attached hydrogens (tertiary/aromatic N) is 2. The fourth-order valence-corrected chi connectivity index (χ4v) is 4.32. The fourth-order valence-electron chi connectivity index (χ4n) is 3.61. The quantitative estimate of drug-likeness (QED) is 0.771. The summed E-state index contributed by atoms with van der Waals surface area (Å²) in [6.07, 6.45) is 2.25. The molecule has 1 saturated heterocycles. The van der Waals surface area contributed by atoms with Gasteiger partial charge in [0.25, 0.3) is 5.91 Å². The van der Waals surface area contributed by atoms with Crippen molar-refractivity contribution in [3.8, 4) is 0 Å². The van der Waals surface area contributed by atoms with Crippen molar-refractivity contribution in [2.75, 3.05) is 25.0 Å². The van der Waals surface area contributed by atoms with Crippen LogP contribution in [0.2, 0.25) is 0 Å². The third kappa shape index (κ3) is 4.93. The van der Waals surface area contributed by atoms with Gasteiger partial charge < -0.3 is 15.1 Å². The van der Waals surface area contributed by atoms with Crippen LogP contribution in [0.3, 0.4) is 0 Å². The largest absolute Gasteiger partial charge is 0.338 e. The summed E-state index contributed by atoms with van der Waals surface area (Å²) in [5.74, 6) is 0.640. The summed E-state index contributed by atoms with van der Waals surface area (Å²) in [4.78, 5) is 30.3. The topological polar surface area (TPSA) is 52.7 Å². The van der Waals surface area contributed by atoms with Gasteiger partial charge in [-0.25, -0.2) is 4.79 Å². The number of piperidine rings is 1. The number of benzene rings is 1. The second-order valence-corrected chi connectivity index (χ2v) is 8.58. The maximum absolute atomic E-state index is 12.8. The predicted octanol–water partition coefficient (Wildman–Crippen LogP) is 4.98. The Morgan fingerprint density at radius 1 is 1.32 bits per heavy atom. The number of hydrogen-bond acceptors (Lipinski definition) is 3. The smallest absolute Gasteiger partial charge is 0.322 e. The molecule has 0 saturated carbocycles. The summed E-state index contributed by atoms with van der Waals surface area (Å²) in [5, 5.41) is 5.01. The van der Waals surface area contributed by atoms with Crippen LogP contribution in [0.4, 0.5) is 10.5 Å². The van der Waals surface area contributed by atoms with Crippen LogP contribution < -0.4 is 5.32 Å². The number of anilines is 1. The Bertz CT molecular complexity index is 819. The van der Waals surface area contributed by atoms with Gasteiger partial charge in [0, 0.05) is 35.8 Å². The summed E-state index contributed by atoms with van der Waals surface area (Å²) in [6, 6.07) is 9.45. The maximum atomic E-state index is 12.8. The number of thiophene rings is 1. The standard InChI is InChI=1S/C22H29N3O2S/c1-4-24(15-19-8-6-12-28-19)22(27)23-20-10-9-18(13-17(20)3)21(26)25-11-5-7-16(2)14-25/h6,8-10,12-13,16H,4-5,7,11,14-15H2,1-3H3,(H,23,27). The van der Waals surface area contributed by atoms with Crippen molar-refractivity contribution in [2.24, 2.45) is 5.92 Å². The van der Waals surface area contributed by atoms with Gasteiger partial charge in [-0.05, 0) is 67.8 Å². The van der Waals surface area contributed by atoms with Crippen LogP contribution in [0.25, 0.3) is 0 Å². The normalized spacial score (nSPS) is 16.7. The Morgan fingerprint density at radius 2 is 2.14 bits per heavy atom. The lowest BCUT2D eigenvalue weighted by Gasteiger charge is -2.31. The van der Waals surface area contributed by atoms with Crippen molar-refractivity contribution >= 4 is 29.0 Å². The molecule has 1 unspecified atom stereocenters. The van der Waals surface area contributed by atoms with Crippen LogP contribution in [0.15, 0.2) is 35.7 Å². The SMILES string of the molecule is CCN(Cc1cccs1)C(=O)Nc1ccc(C(=O)N2CCCC(C)C2)cc1C. The monoisotopic (exact) mass is 399 g/mol. The first-order valence-corrected chi connectivity index (χ1v) is 10.8. The zero-order chi connectivity index (χ0) is 20.1. The lowest BCUT2D eigenvalue weighted by atomic mass is 9.99. The number of aryl methyl sites for hydroxylation is 1. The minimum atomic E-state index is -0.122. The van der Waals surface area contributed by atoms with Gasteiger partial charge in [-0.3, -0.25) is 4.79 Å². The molecule has 1 atom stereocenters. The summed E-state index contributed by atoms with van der Waals surface area (Å²) >= 11 is 1.65. The van der Waals surface area contributed by atoms with E-state index in [1.807, 2.05) is 54.5 Å². The van der Waals surface area contributed by atoms with Gasteiger partial charge in [-0.15, -0.1) is 11.3 Å². The van der Waals surface area contributed by atoms with Crippen molar-refractivity contribution < 1.29 is 9.59 Å². The van der Waals surface area contributed by atoms with E-state index in [0.29, 0.717) is 24.6 Å². The summed E-state index contributed by atoms with van der Waals surface area (Å²) < 4.78 is 0. The van der Waals surface area contributed by atoms with Crippen molar-refractivity contribution in [3.63, 3.8) is 0 Å². The van der Waals surface area contributed by atoms with E-state index in [1.54, 1.807) is 16.2 Å². The highest BCUT2D eigenvalue weighted by molar-refractivity contribution is 7.09. The summed E-state index contributed by atoms with van der Waals surface area (Å²) in [7, 11) is 0. The molecular weight excluding hydrogens is 370 g/mol. The number of carbonyl (C=O) groups is 2. The number of nitrogens with one attached hydrogen (secondary N) is 1. The van der Waals surface area contributed by atoms with E-state index >= 15 is 0 Å². The first kappa shape index (κ1) is 20.4. The molecule has 1 aromatic carbocycles. The Balaban J connectivity index is 1.66. The molecule has 0 bridgehead atoms. The molecule has 6 heteroatoms. The molecule has 1 fully saturated rings. The van der Waals surface area contributed by atoms with Crippen LogP contribution in [0, 0.1) is 12.8 Å². The van der Waals surface area contributed by atoms with Gasteiger partial charge in [0.05, 0.1) is 6.54 Å². The van der Waals surface area contributed by atoms with Gasteiger partial charge in [-0.1, -0.05) is 13.0 Å². The van der Waals surface area contributed by atoms with E-state index in [9.17, 15) is 9.59 Å². The number of urea groups is 1. The lowest BCUT2D eigenvalue weighted by molar-refractivity contribution is 0.0683. The van der Waals surface area contributed by atoms with Crippen LogP contribution in [0.5, 0.6) is 0 Å². The summed E-state index contributed by atoms with van der Waals surface area (Å²) in [5.41, 5.74) is 2.34. The van der Waals surface area contributed by atoms with Gasteiger partial charge >= 0.3 is 6.03 Å². The third-order valence-corrected chi connectivity index (χ3v) is 6.12. The Kier molecular flexibility index (Phi) is 6.73. The van der Waals surface area contributed by atoms with Crippen molar-refractivity contribution in [2.45, 2.75) is 40.2 Å². The van der Waals surface area contributed by atoms with E-state index in [4.69, 9.17) is 0 Å². The third-order valence-electron chi connectivity index (χ3n) is 5.25. The highest BCUT2D eigenvalue weighted by Crippen LogP contribution is 2.22. The Hall–Kier alpha value is -2.34. The average molecular weight is 400 g/mol. The first-order chi connectivity index (χ1) is 13.5. The van der Waals surface area contributed by atoms with E-state index in [0.717, 1.165) is 35.6 Å². The average Bonchev–Trinajstić information content (AvgIpc) is 3.20. The number of amides is 3. The maximum Gasteiger partial charge on any atom is 0.322 e. The van der Waals surface area contributed by atoms with Crippen molar-refractivity contribution in [1.29, 1.82) is 0 Å². The van der Waals surface area contributed by atoms with Crippen LogP contribution in [0.1, 0.15) is 47.5 Å². The number of rotatable bonds is 5. The number of likely N-dealkylation sites (tertiary alicyclic amines) is 1. The van der Waals surface area contributed by atoms with E-state index in [2.05, 4.69) is 12.2 Å². The zero-order valence-electron chi connectivity index (χ0n) is 16.9. The van der Waals surface area contributed by atoms with Crippen molar-refractivity contribution in [1.82, 2.24) is 9.80 Å². The molecule has 1 aromatic heterocycles. The van der Waals surface area contributed by atoms with Crippen LogP contribution in [-0.2, 0) is 6.54 Å². The Labute approximate surface area is 171 Å². The molecule has 150 valence electrons. The molecule has 0 aliphatic carbocycles. The van der Waals surface area contributed by atoms with Gasteiger partial charge in [0.2, 0.25) is 0 Å². The molecular formula is C22H29N3O2S. The van der Waals surface area contributed by atoms with Gasteiger partial charge in [0.1, 0.15) is 0 Å². The van der Waals surface area contributed by atoms with Gasteiger partial charge in [-0.2, -0.15) is 0 Å². The zero-order valence-corrected chi connectivity index (χ0v) is 17.7. The first-order valence-electron chi connectivity index (χ1n) is 9.96. The number of hydrogen-bond donors (Lipinski definition) is 1. The molecule has 2 aromatic rings. The van der Waals surface area contributed by atoms with Crippen LogP contribution >= 0.6 is 11.3 Å². The fraction of sp³-hybridized carbons (Fsp3) is 0.455. The van der Waals surface area contributed by atoms with E-state index < -0.39 is 0 Å². The highest BCUT2D eigenvalue weighted by Gasteiger charge is 2.22. The van der Waals surface area contributed by atoms with E-state index in [-0.39, 0.29) is 11.9 Å². The second-order valence-electron chi connectivity index (χ2n) is 7.55. The molecule has 3 amide bonds. The molecule has 2 heterocycles. The molecule has 1 aliphatic heterocycles. The molecule has 28 heavy (non-hydrogen) atoms. The van der Waals surface area contributed by atoms with E-state index in [1.165, 1.54) is 6.42 Å². The minimum Gasteiger partial charge on any atom is -0.338 e. The molecule has 3 rings (SSSR count). The second kappa shape index (κ2) is 9.24. The molecule has 5 nitrogen and oxygen atoms in total. The minimum absolute atomic E-state index is 0.0837. The molecule has 1 aliphatic rings.